The molecule has 0 spiro atoms. The molecule has 1 fully saturated rings. The quantitative estimate of drug-likeness (QED) is 0.389. The van der Waals surface area contributed by atoms with Crippen molar-refractivity contribution >= 4 is 17.6 Å². The van der Waals surface area contributed by atoms with Gasteiger partial charge in [-0.25, -0.2) is 4.79 Å². The molecule has 9 nitrogen and oxygen atoms in total. The van der Waals surface area contributed by atoms with Crippen molar-refractivity contribution in [1.82, 2.24) is 9.80 Å². The molecule has 1 saturated heterocycles. The van der Waals surface area contributed by atoms with Crippen LogP contribution in [0.2, 0.25) is 0 Å². The van der Waals surface area contributed by atoms with E-state index in [0.717, 1.165) is 36.1 Å². The van der Waals surface area contributed by atoms with E-state index in [2.05, 4.69) is 12.2 Å². The van der Waals surface area contributed by atoms with E-state index in [1.165, 1.54) is 0 Å². The molecular formula is C30H35N3O6. The van der Waals surface area contributed by atoms with Gasteiger partial charge in [-0.1, -0.05) is 25.1 Å². The number of aryl methyl sites for hydroxylation is 2. The Bertz CT molecular complexity index is 1300. The number of hydrogen-bond donors (Lipinski definition) is 1. The fourth-order valence-corrected chi connectivity index (χ4v) is 4.84. The Morgan fingerprint density at radius 3 is 2.62 bits per heavy atom. The first-order valence-corrected chi connectivity index (χ1v) is 13.4. The van der Waals surface area contributed by atoms with E-state index in [1.54, 1.807) is 9.80 Å². The van der Waals surface area contributed by atoms with Crippen molar-refractivity contribution in [3.05, 3.63) is 77.2 Å². The molecule has 2 aliphatic heterocycles. The molecule has 5 rings (SSSR count). The van der Waals surface area contributed by atoms with Crippen molar-refractivity contribution in [3.8, 4) is 11.5 Å². The van der Waals surface area contributed by atoms with Gasteiger partial charge in [-0.05, 0) is 73.7 Å². The van der Waals surface area contributed by atoms with Gasteiger partial charge in [0, 0.05) is 25.4 Å². The van der Waals surface area contributed by atoms with Crippen molar-refractivity contribution in [2.45, 2.75) is 52.3 Å². The van der Waals surface area contributed by atoms with Gasteiger partial charge in [0.15, 0.2) is 11.5 Å². The minimum atomic E-state index is -0.330. The first-order chi connectivity index (χ1) is 19.0. The summed E-state index contributed by atoms with van der Waals surface area (Å²) in [6.45, 7) is 5.62. The van der Waals surface area contributed by atoms with Crippen LogP contribution in [0.25, 0.3) is 0 Å². The van der Waals surface area contributed by atoms with Gasteiger partial charge in [-0.3, -0.25) is 4.79 Å². The van der Waals surface area contributed by atoms with Crippen LogP contribution in [0, 0.1) is 6.92 Å². The summed E-state index contributed by atoms with van der Waals surface area (Å²) < 4.78 is 22.6. The number of ether oxygens (including phenoxy) is 3. The second-order valence-corrected chi connectivity index (χ2v) is 9.95. The third-order valence-electron chi connectivity index (χ3n) is 6.95. The second kappa shape index (κ2) is 12.3. The van der Waals surface area contributed by atoms with E-state index < -0.39 is 0 Å². The molecule has 9 heteroatoms. The fourth-order valence-electron chi connectivity index (χ4n) is 4.84. The van der Waals surface area contributed by atoms with Gasteiger partial charge in [0.2, 0.25) is 12.7 Å². The van der Waals surface area contributed by atoms with Crippen LogP contribution >= 0.6 is 0 Å². The number of rotatable bonds is 10. The summed E-state index contributed by atoms with van der Waals surface area (Å²) in [6.07, 6.45) is 2.57. The molecule has 0 saturated carbocycles. The highest BCUT2D eigenvalue weighted by Crippen LogP contribution is 2.33. The predicted molar refractivity (Wildman–Crippen MR) is 146 cm³/mol. The zero-order chi connectivity index (χ0) is 27.2. The number of nitrogens with one attached hydrogen (secondary N) is 1. The van der Waals surface area contributed by atoms with Crippen molar-refractivity contribution in [1.29, 1.82) is 0 Å². The van der Waals surface area contributed by atoms with Gasteiger partial charge in [-0.2, -0.15) is 0 Å². The minimum absolute atomic E-state index is 0.0938. The number of fused-ring (bicyclic) bond motifs is 1. The molecular weight excluding hydrogens is 498 g/mol. The topological polar surface area (TPSA) is 93.5 Å². The molecule has 1 N–H and O–H groups in total. The molecule has 39 heavy (non-hydrogen) atoms. The first kappa shape index (κ1) is 26.6. The zero-order valence-corrected chi connectivity index (χ0v) is 22.5. The highest BCUT2D eigenvalue weighted by molar-refractivity contribution is 5.92. The molecule has 3 amide bonds. The van der Waals surface area contributed by atoms with Crippen LogP contribution in [0.5, 0.6) is 11.5 Å². The zero-order valence-electron chi connectivity index (χ0n) is 22.5. The van der Waals surface area contributed by atoms with E-state index in [1.807, 2.05) is 61.5 Å². The molecule has 3 aromatic rings. The molecule has 3 heterocycles. The lowest BCUT2D eigenvalue weighted by atomic mass is 10.1. The summed E-state index contributed by atoms with van der Waals surface area (Å²) in [5, 5.41) is 2.98. The molecule has 0 bridgehead atoms. The molecule has 2 aliphatic rings. The van der Waals surface area contributed by atoms with Crippen LogP contribution in [0.3, 0.4) is 0 Å². The number of nitrogens with zero attached hydrogens (tertiary/aromatic N) is 2. The van der Waals surface area contributed by atoms with Crippen LogP contribution in [0.1, 0.15) is 42.4 Å². The molecule has 2 aromatic carbocycles. The predicted octanol–water partition coefficient (Wildman–Crippen LogP) is 5.12. The Hall–Kier alpha value is -3.98. The van der Waals surface area contributed by atoms with Crippen LogP contribution in [0.4, 0.5) is 10.5 Å². The summed E-state index contributed by atoms with van der Waals surface area (Å²) in [7, 11) is 0. The van der Waals surface area contributed by atoms with E-state index in [0.29, 0.717) is 42.6 Å². The van der Waals surface area contributed by atoms with Gasteiger partial charge in [0.25, 0.3) is 0 Å². The van der Waals surface area contributed by atoms with Crippen LogP contribution in [0.15, 0.2) is 59.0 Å². The van der Waals surface area contributed by atoms with E-state index in [4.69, 9.17) is 18.6 Å². The smallest absolute Gasteiger partial charge is 0.322 e. The largest absolute Gasteiger partial charge is 0.464 e. The maximum atomic E-state index is 13.8. The SMILES string of the molecule is CCc1cccc(NC(=O)N(CC(=O)N(Cc2ccc3c(c2)OCO3)Cc2ccc(C)o2)CC2CCCO2)c1. The number of benzene rings is 2. The van der Waals surface area contributed by atoms with Crippen molar-refractivity contribution in [3.63, 3.8) is 0 Å². The van der Waals surface area contributed by atoms with Gasteiger partial charge in [0.05, 0.1) is 12.6 Å². The Morgan fingerprint density at radius 2 is 1.85 bits per heavy atom. The molecule has 1 atom stereocenters. The molecule has 206 valence electrons. The standard InChI is InChI=1S/C30H35N3O6/c1-3-22-6-4-7-24(14-22)31-30(35)33(17-25-8-5-13-36-25)19-29(34)32(18-26-11-9-21(2)39-26)16-23-10-12-27-28(15-23)38-20-37-27/h4,6-7,9-12,14-15,25H,3,5,8,13,16-20H2,1-2H3,(H,31,35). The van der Waals surface area contributed by atoms with E-state index >= 15 is 0 Å². The number of hydrogen-bond acceptors (Lipinski definition) is 6. The molecule has 0 radical (unpaired) electrons. The third kappa shape index (κ3) is 6.92. The highest BCUT2D eigenvalue weighted by atomic mass is 16.7. The van der Waals surface area contributed by atoms with Gasteiger partial charge < -0.3 is 33.7 Å². The lowest BCUT2D eigenvalue weighted by Crippen LogP contribution is -2.46. The average molecular weight is 534 g/mol. The molecule has 1 aromatic heterocycles. The van der Waals surface area contributed by atoms with Crippen LogP contribution < -0.4 is 14.8 Å². The minimum Gasteiger partial charge on any atom is -0.464 e. The molecule has 1 unspecified atom stereocenters. The van der Waals surface area contributed by atoms with Crippen LogP contribution in [-0.4, -0.2) is 54.3 Å². The number of anilines is 1. The summed E-state index contributed by atoms with van der Waals surface area (Å²) >= 11 is 0. The number of amides is 3. The number of urea groups is 1. The summed E-state index contributed by atoms with van der Waals surface area (Å²) in [5.41, 5.74) is 2.72. The van der Waals surface area contributed by atoms with Gasteiger partial charge >= 0.3 is 6.03 Å². The second-order valence-electron chi connectivity index (χ2n) is 9.95. The summed E-state index contributed by atoms with van der Waals surface area (Å²) in [5.74, 6) is 2.59. The fraction of sp³-hybridized carbons (Fsp3) is 0.400. The number of carbonyl (C=O) groups is 2. The lowest BCUT2D eigenvalue weighted by Gasteiger charge is -2.29. The lowest BCUT2D eigenvalue weighted by molar-refractivity contribution is -0.133. The Kier molecular flexibility index (Phi) is 8.36. The van der Waals surface area contributed by atoms with Gasteiger partial charge in [-0.15, -0.1) is 0 Å². The summed E-state index contributed by atoms with van der Waals surface area (Å²) in [4.78, 5) is 30.5. The normalized spacial score (nSPS) is 15.8. The van der Waals surface area contributed by atoms with Crippen LogP contribution in [-0.2, 0) is 29.0 Å². The molecule has 0 aliphatic carbocycles. The third-order valence-corrected chi connectivity index (χ3v) is 6.95. The van der Waals surface area contributed by atoms with E-state index in [9.17, 15) is 9.59 Å². The summed E-state index contributed by atoms with van der Waals surface area (Å²) in [6, 6.07) is 16.8. The van der Waals surface area contributed by atoms with Crippen molar-refractivity contribution < 1.29 is 28.2 Å². The maximum absolute atomic E-state index is 13.8. The number of carbonyl (C=O) groups excluding carboxylic acids is 2. The van der Waals surface area contributed by atoms with Crippen molar-refractivity contribution in [2.24, 2.45) is 0 Å². The Labute approximate surface area is 228 Å². The van der Waals surface area contributed by atoms with E-state index in [-0.39, 0.29) is 37.9 Å². The Morgan fingerprint density at radius 1 is 0.974 bits per heavy atom. The average Bonchev–Trinajstić information content (AvgIpc) is 3.70. The van der Waals surface area contributed by atoms with Crippen molar-refractivity contribution in [2.75, 3.05) is 31.8 Å². The highest BCUT2D eigenvalue weighted by Gasteiger charge is 2.27. The first-order valence-electron chi connectivity index (χ1n) is 13.4. The monoisotopic (exact) mass is 533 g/mol. The van der Waals surface area contributed by atoms with Gasteiger partial charge in [0.1, 0.15) is 18.1 Å². The Balaban J connectivity index is 1.34. The maximum Gasteiger partial charge on any atom is 0.322 e. The number of furan rings is 1.